The number of anilines is 3. The van der Waals surface area contributed by atoms with E-state index in [9.17, 15) is 0 Å². The minimum Gasteiger partial charge on any atom is -0.455 e. The molecule has 0 bridgehead atoms. The summed E-state index contributed by atoms with van der Waals surface area (Å²) in [6.07, 6.45) is 0. The molecule has 2 nitrogen and oxygen atoms in total. The molecule has 0 saturated carbocycles. The summed E-state index contributed by atoms with van der Waals surface area (Å²) in [6.45, 7) is 0. The van der Waals surface area contributed by atoms with Gasteiger partial charge in [-0.15, -0.1) is 0 Å². The first kappa shape index (κ1) is 28.4. The van der Waals surface area contributed by atoms with Crippen LogP contribution in [0.25, 0.3) is 76.5 Å². The summed E-state index contributed by atoms with van der Waals surface area (Å²) >= 11 is 0. The van der Waals surface area contributed by atoms with Gasteiger partial charge in [0.15, 0.2) is 0 Å². The summed E-state index contributed by atoms with van der Waals surface area (Å²) in [5.41, 5.74) is 9.61. The summed E-state index contributed by atoms with van der Waals surface area (Å²) in [6, 6.07) is 67.5. The van der Waals surface area contributed by atoms with Crippen LogP contribution in [-0.4, -0.2) is 0 Å². The third kappa shape index (κ3) is 4.65. The van der Waals surface area contributed by atoms with Crippen LogP contribution >= 0.6 is 0 Å². The van der Waals surface area contributed by atoms with Crippen LogP contribution in [0.2, 0.25) is 0 Å². The first-order valence-corrected chi connectivity index (χ1v) is 17.1. The number of benzene rings is 9. The van der Waals surface area contributed by atoms with Gasteiger partial charge in [-0.05, 0) is 91.5 Å². The number of hydrogen-bond acceptors (Lipinski definition) is 2. The Morgan fingerprint density at radius 1 is 0.360 bits per heavy atom. The fraction of sp³-hybridized carbons (Fsp3) is 0. The quantitative estimate of drug-likeness (QED) is 0.175. The highest BCUT2D eigenvalue weighted by molar-refractivity contribution is 6.18. The number of nitrogens with zero attached hydrogens (tertiary/aromatic N) is 1. The summed E-state index contributed by atoms with van der Waals surface area (Å²) < 4.78 is 6.79. The molecule has 0 atom stereocenters. The smallest absolute Gasteiger partial charge is 0.145 e. The fourth-order valence-corrected chi connectivity index (χ4v) is 7.57. The zero-order valence-corrected chi connectivity index (χ0v) is 27.3. The molecule has 234 valence electrons. The second-order valence-corrected chi connectivity index (χ2v) is 12.9. The van der Waals surface area contributed by atoms with Gasteiger partial charge in [0.1, 0.15) is 11.2 Å². The third-order valence-electron chi connectivity index (χ3n) is 10.0. The van der Waals surface area contributed by atoms with Crippen LogP contribution in [0.3, 0.4) is 0 Å². The van der Waals surface area contributed by atoms with Gasteiger partial charge in [0, 0.05) is 22.3 Å². The van der Waals surface area contributed by atoms with E-state index < -0.39 is 0 Å². The molecule has 9 aromatic carbocycles. The molecular formula is C48H31NO. The molecular weight excluding hydrogens is 607 g/mol. The van der Waals surface area contributed by atoms with Gasteiger partial charge in [0.05, 0.1) is 11.1 Å². The lowest BCUT2D eigenvalue weighted by Gasteiger charge is -2.27. The molecule has 0 aliphatic rings. The summed E-state index contributed by atoms with van der Waals surface area (Å²) in [7, 11) is 0. The standard InChI is InChI=1S/C48H31NO/c1-2-10-32(11-3-1)34-18-20-36(21-19-34)42-28-29-45(47-43-16-8-9-17-46(43)50-48(42)47)49(39-26-24-33-12-4-5-14-38(33)30-39)40-27-25-37-23-22-35-13-6-7-15-41(35)44(37)31-40/h1-31H. The van der Waals surface area contributed by atoms with Crippen molar-refractivity contribution in [3.63, 3.8) is 0 Å². The van der Waals surface area contributed by atoms with Crippen LogP contribution in [-0.2, 0) is 0 Å². The lowest BCUT2D eigenvalue weighted by molar-refractivity contribution is 0.670. The largest absolute Gasteiger partial charge is 0.455 e. The van der Waals surface area contributed by atoms with Gasteiger partial charge in [0.25, 0.3) is 0 Å². The number of hydrogen-bond donors (Lipinski definition) is 0. The first-order valence-electron chi connectivity index (χ1n) is 17.1. The molecule has 0 N–H and O–H groups in total. The van der Waals surface area contributed by atoms with E-state index in [1.54, 1.807) is 0 Å². The Kier molecular flexibility index (Phi) is 6.53. The van der Waals surface area contributed by atoms with Crippen molar-refractivity contribution in [2.24, 2.45) is 0 Å². The van der Waals surface area contributed by atoms with E-state index in [0.29, 0.717) is 0 Å². The third-order valence-corrected chi connectivity index (χ3v) is 10.0. The number of rotatable bonds is 5. The van der Waals surface area contributed by atoms with E-state index in [1.807, 2.05) is 6.07 Å². The maximum Gasteiger partial charge on any atom is 0.145 e. The summed E-state index contributed by atoms with van der Waals surface area (Å²) in [4.78, 5) is 2.40. The molecule has 50 heavy (non-hydrogen) atoms. The number of para-hydroxylation sites is 1. The Balaban J connectivity index is 1.23. The molecule has 0 amide bonds. The van der Waals surface area contributed by atoms with E-state index in [4.69, 9.17) is 4.42 Å². The minimum absolute atomic E-state index is 0.875. The summed E-state index contributed by atoms with van der Waals surface area (Å²) in [5, 5.41) is 9.54. The average molecular weight is 638 g/mol. The van der Waals surface area contributed by atoms with Crippen molar-refractivity contribution in [3.8, 4) is 22.3 Å². The van der Waals surface area contributed by atoms with E-state index >= 15 is 0 Å². The van der Waals surface area contributed by atoms with Crippen molar-refractivity contribution in [3.05, 3.63) is 188 Å². The lowest BCUT2D eigenvalue weighted by atomic mass is 9.97. The first-order chi connectivity index (χ1) is 24.8. The molecule has 0 unspecified atom stereocenters. The predicted octanol–water partition coefficient (Wildman–Crippen LogP) is 13.8. The van der Waals surface area contributed by atoms with Gasteiger partial charge < -0.3 is 9.32 Å². The predicted molar refractivity (Wildman–Crippen MR) is 212 cm³/mol. The van der Waals surface area contributed by atoms with E-state index in [2.05, 4.69) is 187 Å². The van der Waals surface area contributed by atoms with Crippen molar-refractivity contribution >= 4 is 71.3 Å². The molecule has 1 heterocycles. The summed E-state index contributed by atoms with van der Waals surface area (Å²) in [5.74, 6) is 0. The van der Waals surface area contributed by atoms with Crippen LogP contribution in [0.5, 0.6) is 0 Å². The maximum atomic E-state index is 6.79. The highest BCUT2D eigenvalue weighted by atomic mass is 16.3. The molecule has 0 radical (unpaired) electrons. The van der Waals surface area contributed by atoms with Crippen LogP contribution in [0.4, 0.5) is 17.1 Å². The van der Waals surface area contributed by atoms with Crippen LogP contribution in [0, 0.1) is 0 Å². The van der Waals surface area contributed by atoms with E-state index in [-0.39, 0.29) is 0 Å². The molecule has 1 aromatic heterocycles. The Morgan fingerprint density at radius 2 is 0.940 bits per heavy atom. The van der Waals surface area contributed by atoms with Gasteiger partial charge in [-0.2, -0.15) is 0 Å². The normalized spacial score (nSPS) is 11.6. The SMILES string of the molecule is c1ccc(-c2ccc(-c3ccc(N(c4ccc5ccccc5c4)c4ccc5ccc6ccccc6c5c4)c4c3oc3ccccc34)cc2)cc1. The zero-order valence-electron chi connectivity index (χ0n) is 27.3. The Morgan fingerprint density at radius 3 is 1.76 bits per heavy atom. The minimum atomic E-state index is 0.875. The second kappa shape index (κ2) is 11.5. The van der Waals surface area contributed by atoms with Crippen LogP contribution in [0.15, 0.2) is 192 Å². The van der Waals surface area contributed by atoms with Crippen molar-refractivity contribution in [2.75, 3.05) is 4.90 Å². The Labute approximate surface area is 290 Å². The van der Waals surface area contributed by atoms with Gasteiger partial charge in [-0.25, -0.2) is 0 Å². The molecule has 0 fully saturated rings. The zero-order chi connectivity index (χ0) is 33.0. The average Bonchev–Trinajstić information content (AvgIpc) is 3.58. The van der Waals surface area contributed by atoms with Gasteiger partial charge in [-0.3, -0.25) is 0 Å². The number of fused-ring (bicyclic) bond motifs is 7. The van der Waals surface area contributed by atoms with Gasteiger partial charge >= 0.3 is 0 Å². The van der Waals surface area contributed by atoms with Crippen LogP contribution < -0.4 is 4.90 Å². The highest BCUT2D eigenvalue weighted by Crippen LogP contribution is 2.47. The molecule has 10 aromatic rings. The lowest BCUT2D eigenvalue weighted by Crippen LogP contribution is -2.10. The van der Waals surface area contributed by atoms with Crippen molar-refractivity contribution in [1.29, 1.82) is 0 Å². The highest BCUT2D eigenvalue weighted by Gasteiger charge is 2.23. The molecule has 10 rings (SSSR count). The second-order valence-electron chi connectivity index (χ2n) is 12.9. The van der Waals surface area contributed by atoms with Gasteiger partial charge in [-0.1, -0.05) is 146 Å². The van der Waals surface area contributed by atoms with Crippen molar-refractivity contribution in [1.82, 2.24) is 0 Å². The Bertz CT molecular complexity index is 2870. The number of furan rings is 1. The van der Waals surface area contributed by atoms with E-state index in [0.717, 1.165) is 50.1 Å². The monoisotopic (exact) mass is 637 g/mol. The molecule has 0 saturated heterocycles. The van der Waals surface area contributed by atoms with Gasteiger partial charge in [0.2, 0.25) is 0 Å². The van der Waals surface area contributed by atoms with Crippen molar-refractivity contribution in [2.45, 2.75) is 0 Å². The maximum absolute atomic E-state index is 6.79. The van der Waals surface area contributed by atoms with Crippen molar-refractivity contribution < 1.29 is 4.42 Å². The van der Waals surface area contributed by atoms with E-state index in [1.165, 1.54) is 43.4 Å². The molecule has 0 aliphatic carbocycles. The Hall–Kier alpha value is -6.64. The molecule has 0 spiro atoms. The fourth-order valence-electron chi connectivity index (χ4n) is 7.57. The van der Waals surface area contributed by atoms with Crippen LogP contribution in [0.1, 0.15) is 0 Å². The molecule has 0 aliphatic heterocycles. The topological polar surface area (TPSA) is 16.4 Å². The molecule has 2 heteroatoms.